The molecule has 4 heterocycles. The maximum atomic E-state index is 13.0. The number of ether oxygens (including phenoxy) is 2. The number of hydrogen-bond donors (Lipinski definition) is 2. The highest BCUT2D eigenvalue weighted by Gasteiger charge is 2.43. The number of carboxylic acid groups (broad SMARTS) is 2. The highest BCUT2D eigenvalue weighted by molar-refractivity contribution is 5.73. The molecule has 0 bridgehead atoms. The fourth-order valence-electron chi connectivity index (χ4n) is 3.54. The van der Waals surface area contributed by atoms with Gasteiger partial charge >= 0.3 is 24.3 Å². The molecule has 10 nitrogen and oxygen atoms in total. The molecule has 4 rings (SSSR count). The first kappa shape index (κ1) is 31.6. The molecule has 1 atom stereocenters. The average Bonchev–Trinajstić information content (AvgIpc) is 3.26. The Kier molecular flexibility index (Phi) is 10.9. The summed E-state index contributed by atoms with van der Waals surface area (Å²) < 4.78 is 88.5. The molecule has 0 aromatic carbocycles. The Labute approximate surface area is 216 Å². The van der Waals surface area contributed by atoms with Crippen molar-refractivity contribution in [2.24, 2.45) is 0 Å². The van der Waals surface area contributed by atoms with Crippen molar-refractivity contribution < 1.29 is 60.0 Å². The smallest absolute Gasteiger partial charge is 0.475 e. The van der Waals surface area contributed by atoms with E-state index >= 15 is 0 Å². The second-order valence-electron chi connectivity index (χ2n) is 8.29. The lowest BCUT2D eigenvalue weighted by Gasteiger charge is -2.38. The summed E-state index contributed by atoms with van der Waals surface area (Å²) >= 11 is 0. The van der Waals surface area contributed by atoms with E-state index in [2.05, 4.69) is 19.9 Å². The number of rotatable bonds is 4. The number of anilines is 1. The zero-order valence-corrected chi connectivity index (χ0v) is 20.0. The Bertz CT molecular complexity index is 1040. The van der Waals surface area contributed by atoms with Crippen molar-refractivity contribution in [1.29, 1.82) is 0 Å². The van der Waals surface area contributed by atoms with Crippen molar-refractivity contribution >= 4 is 17.9 Å². The maximum absolute atomic E-state index is 13.0. The van der Waals surface area contributed by atoms with Gasteiger partial charge in [0.25, 0.3) is 0 Å². The quantitative estimate of drug-likeness (QED) is 0.523. The van der Waals surface area contributed by atoms with Crippen molar-refractivity contribution in [2.45, 2.75) is 49.9 Å². The van der Waals surface area contributed by atoms with Gasteiger partial charge in [-0.3, -0.25) is 4.98 Å². The molecule has 2 aromatic rings. The Morgan fingerprint density at radius 2 is 1.56 bits per heavy atom. The topological polar surface area (TPSA) is 135 Å². The van der Waals surface area contributed by atoms with Gasteiger partial charge in [0, 0.05) is 31.9 Å². The minimum atomic E-state index is -5.08. The number of piperidine rings is 1. The molecule has 1 unspecified atom stereocenters. The average molecular weight is 572 g/mol. The van der Waals surface area contributed by atoms with Crippen molar-refractivity contribution in [3.05, 3.63) is 48.3 Å². The lowest BCUT2D eigenvalue weighted by atomic mass is 9.88. The summed E-state index contributed by atoms with van der Waals surface area (Å²) in [5.74, 6) is -5.34. The second kappa shape index (κ2) is 13.5. The monoisotopic (exact) mass is 572 g/mol. The van der Waals surface area contributed by atoms with Crippen LogP contribution >= 0.6 is 0 Å². The minimum absolute atomic E-state index is 0.115. The van der Waals surface area contributed by atoms with Gasteiger partial charge in [0.1, 0.15) is 0 Å². The van der Waals surface area contributed by atoms with Gasteiger partial charge in [-0.05, 0) is 24.5 Å². The SMILES string of the molecule is Fc1cnc(N2CCC3(CC2)CC(OCc2cccnc2)CO3)nc1.O=C(O)C(F)(F)F.O=C(O)C(F)(F)F. The molecule has 2 fully saturated rings. The van der Waals surface area contributed by atoms with Crippen molar-refractivity contribution in [2.75, 3.05) is 24.6 Å². The third-order valence-electron chi connectivity index (χ3n) is 5.43. The predicted octanol–water partition coefficient (Wildman–Crippen LogP) is 3.62. The molecule has 2 aliphatic heterocycles. The van der Waals surface area contributed by atoms with Crippen LogP contribution in [-0.4, -0.2) is 80.9 Å². The summed E-state index contributed by atoms with van der Waals surface area (Å²) in [7, 11) is 0. The van der Waals surface area contributed by atoms with E-state index in [4.69, 9.17) is 29.3 Å². The summed E-state index contributed by atoms with van der Waals surface area (Å²) in [6.07, 6.45) is -1.33. The highest BCUT2D eigenvalue weighted by Crippen LogP contribution is 2.37. The number of aliphatic carboxylic acids is 2. The fourth-order valence-corrected chi connectivity index (χ4v) is 3.54. The number of carboxylic acids is 2. The van der Waals surface area contributed by atoms with Crippen LogP contribution in [0.15, 0.2) is 36.9 Å². The van der Waals surface area contributed by atoms with E-state index < -0.39 is 30.1 Å². The zero-order chi connectivity index (χ0) is 29.3. The molecule has 2 aliphatic rings. The molecule has 39 heavy (non-hydrogen) atoms. The zero-order valence-electron chi connectivity index (χ0n) is 20.0. The maximum Gasteiger partial charge on any atom is 0.490 e. The molecule has 2 saturated heterocycles. The van der Waals surface area contributed by atoms with Crippen LogP contribution in [0.3, 0.4) is 0 Å². The van der Waals surface area contributed by atoms with Crippen molar-refractivity contribution in [3.63, 3.8) is 0 Å². The van der Waals surface area contributed by atoms with Crippen LogP contribution in [-0.2, 0) is 25.7 Å². The minimum Gasteiger partial charge on any atom is -0.475 e. The number of nitrogens with zero attached hydrogens (tertiary/aromatic N) is 4. The highest BCUT2D eigenvalue weighted by atomic mass is 19.4. The summed E-state index contributed by atoms with van der Waals surface area (Å²) in [5, 5.41) is 14.2. The number of alkyl halides is 6. The van der Waals surface area contributed by atoms with E-state index in [1.54, 1.807) is 6.20 Å². The Morgan fingerprint density at radius 1 is 1.03 bits per heavy atom. The Balaban J connectivity index is 0.000000317. The van der Waals surface area contributed by atoms with Crippen molar-refractivity contribution in [3.8, 4) is 0 Å². The lowest BCUT2D eigenvalue weighted by Crippen LogP contribution is -2.45. The number of aromatic nitrogens is 3. The van der Waals surface area contributed by atoms with Crippen LogP contribution in [0.4, 0.5) is 36.7 Å². The van der Waals surface area contributed by atoms with Gasteiger partial charge in [-0.1, -0.05) is 6.07 Å². The van der Waals surface area contributed by atoms with Gasteiger partial charge in [0.2, 0.25) is 5.95 Å². The van der Waals surface area contributed by atoms with Gasteiger partial charge in [-0.25, -0.2) is 23.9 Å². The van der Waals surface area contributed by atoms with Crippen molar-refractivity contribution in [1.82, 2.24) is 15.0 Å². The van der Waals surface area contributed by atoms with E-state index in [1.807, 2.05) is 18.3 Å². The molecule has 2 N–H and O–H groups in total. The first-order chi connectivity index (χ1) is 18.1. The molecule has 0 saturated carbocycles. The predicted molar refractivity (Wildman–Crippen MR) is 117 cm³/mol. The van der Waals surface area contributed by atoms with Gasteiger partial charge in [0.15, 0.2) is 5.82 Å². The molecule has 2 aromatic heterocycles. The largest absolute Gasteiger partial charge is 0.490 e. The van der Waals surface area contributed by atoms with Gasteiger partial charge < -0.3 is 24.6 Å². The van der Waals surface area contributed by atoms with Gasteiger partial charge in [-0.2, -0.15) is 26.3 Å². The summed E-state index contributed by atoms with van der Waals surface area (Å²) in [6, 6.07) is 3.93. The summed E-state index contributed by atoms with van der Waals surface area (Å²) in [6.45, 7) is 2.81. The Morgan fingerprint density at radius 3 is 2.03 bits per heavy atom. The molecule has 1 spiro atoms. The number of pyridine rings is 1. The molecule has 0 radical (unpaired) electrons. The number of halogens is 7. The van der Waals surface area contributed by atoms with Crippen LogP contribution in [0.5, 0.6) is 0 Å². The first-order valence-corrected chi connectivity index (χ1v) is 11.1. The number of carbonyl (C=O) groups is 2. The van der Waals surface area contributed by atoms with Crippen LogP contribution in [0, 0.1) is 5.82 Å². The number of hydrogen-bond acceptors (Lipinski definition) is 8. The first-order valence-electron chi connectivity index (χ1n) is 11.1. The van der Waals surface area contributed by atoms with Crippen LogP contribution < -0.4 is 4.90 Å². The lowest BCUT2D eigenvalue weighted by molar-refractivity contribution is -0.193. The van der Waals surface area contributed by atoms with E-state index in [0.717, 1.165) is 37.9 Å². The summed E-state index contributed by atoms with van der Waals surface area (Å²) in [5.41, 5.74) is 0.961. The Hall–Kier alpha value is -3.60. The molecule has 0 aliphatic carbocycles. The molecule has 17 heteroatoms. The molecular formula is C22H23F7N4O6. The van der Waals surface area contributed by atoms with Gasteiger partial charge in [-0.15, -0.1) is 0 Å². The van der Waals surface area contributed by atoms with Crippen LogP contribution in [0.1, 0.15) is 24.8 Å². The third kappa shape index (κ3) is 10.6. The second-order valence-corrected chi connectivity index (χ2v) is 8.29. The summed E-state index contributed by atoms with van der Waals surface area (Å²) in [4.78, 5) is 32.1. The van der Waals surface area contributed by atoms with E-state index in [0.29, 0.717) is 19.2 Å². The van der Waals surface area contributed by atoms with E-state index in [9.17, 15) is 30.7 Å². The fraction of sp³-hybridized carbons (Fsp3) is 0.500. The van der Waals surface area contributed by atoms with Gasteiger partial charge in [0.05, 0.1) is 37.3 Å². The molecule has 216 valence electrons. The van der Waals surface area contributed by atoms with E-state index in [1.165, 1.54) is 12.4 Å². The normalized spacial score (nSPS) is 18.4. The van der Waals surface area contributed by atoms with Crippen LogP contribution in [0.2, 0.25) is 0 Å². The molecule has 0 amide bonds. The standard InChI is InChI=1S/C18H21FN4O2.2C2HF3O2/c19-15-10-21-17(22-11-15)23-6-3-18(4-7-23)8-16(13-25-18)24-12-14-2-1-5-20-9-14;2*3-2(4,5)1(6)7/h1-2,5,9-11,16H,3-4,6-8,12-13H2;2*(H,6,7). The molecular weight excluding hydrogens is 549 g/mol. The third-order valence-corrected chi connectivity index (χ3v) is 5.43. The van der Waals surface area contributed by atoms with Crippen LogP contribution in [0.25, 0.3) is 0 Å². The van der Waals surface area contributed by atoms with E-state index in [-0.39, 0.29) is 11.7 Å².